The molecule has 0 radical (unpaired) electrons. The van der Waals surface area contributed by atoms with Crippen LogP contribution in [0.3, 0.4) is 0 Å². The molecule has 6 heteroatoms. The van der Waals surface area contributed by atoms with Crippen molar-refractivity contribution in [3.63, 3.8) is 0 Å². The Balaban J connectivity index is 3.67. The monoisotopic (exact) mass is 195 g/mol. The first-order valence-corrected chi connectivity index (χ1v) is 3.48. The molecule has 0 aromatic heterocycles. The van der Waals surface area contributed by atoms with Gasteiger partial charge in [-0.15, -0.1) is 0 Å². The number of halogens is 2. The van der Waals surface area contributed by atoms with Crippen molar-refractivity contribution in [3.8, 4) is 0 Å². The van der Waals surface area contributed by atoms with E-state index in [-0.39, 0.29) is 0 Å². The molecule has 0 spiro atoms. The van der Waals surface area contributed by atoms with Gasteiger partial charge in [-0.1, -0.05) is 0 Å². The molecular weight excluding hydrogens is 184 g/mol. The van der Waals surface area contributed by atoms with Crippen LogP contribution < -0.4 is 5.32 Å². The van der Waals surface area contributed by atoms with Gasteiger partial charge in [0.1, 0.15) is 6.61 Å². The van der Waals surface area contributed by atoms with Gasteiger partial charge in [0.25, 0.3) is 5.92 Å². The summed E-state index contributed by atoms with van der Waals surface area (Å²) in [6, 6.07) is 0. The fraction of sp³-hybridized carbons (Fsp3) is 0.571. The number of nitrogens with one attached hydrogen (secondary N) is 1. The summed E-state index contributed by atoms with van der Waals surface area (Å²) in [5.74, 6) is -3.82. The normalized spacial score (nSPS) is 11.7. The zero-order chi connectivity index (χ0) is 10.3. The van der Waals surface area contributed by atoms with Crippen molar-refractivity contribution in [2.24, 2.45) is 0 Å². The number of alkyl halides is 2. The Hall–Kier alpha value is -1.17. The molecule has 4 nitrogen and oxygen atoms in total. The maximum absolute atomic E-state index is 12.3. The molecule has 0 fully saturated rings. The SMILES string of the molecule is COC(=O)/C=C/NCC(F)(F)CO. The minimum absolute atomic E-state index is 0.639. The highest BCUT2D eigenvalue weighted by Gasteiger charge is 2.26. The average Bonchev–Trinajstić information content (AvgIpc) is 2.12. The lowest BCUT2D eigenvalue weighted by atomic mass is 10.3. The summed E-state index contributed by atoms with van der Waals surface area (Å²) in [5, 5.41) is 10.3. The molecule has 0 aliphatic rings. The van der Waals surface area contributed by atoms with E-state index in [9.17, 15) is 13.6 Å². The lowest BCUT2D eigenvalue weighted by molar-refractivity contribution is -0.134. The number of carbonyl (C=O) groups is 1. The third-order valence-corrected chi connectivity index (χ3v) is 1.13. The second kappa shape index (κ2) is 5.47. The third-order valence-electron chi connectivity index (χ3n) is 1.13. The maximum Gasteiger partial charge on any atom is 0.331 e. The van der Waals surface area contributed by atoms with Gasteiger partial charge in [-0.25, -0.2) is 13.6 Å². The van der Waals surface area contributed by atoms with Crippen LogP contribution in [0.15, 0.2) is 12.3 Å². The summed E-state index contributed by atoms with van der Waals surface area (Å²) in [4.78, 5) is 10.4. The summed E-state index contributed by atoms with van der Waals surface area (Å²) in [5.41, 5.74) is 0. The predicted octanol–water partition coefficient (Wildman–Crippen LogP) is -0.110. The van der Waals surface area contributed by atoms with Crippen LogP contribution in [0.4, 0.5) is 8.78 Å². The van der Waals surface area contributed by atoms with E-state index in [0.29, 0.717) is 0 Å². The number of ether oxygens (including phenoxy) is 1. The van der Waals surface area contributed by atoms with Crippen LogP contribution in [0.25, 0.3) is 0 Å². The van der Waals surface area contributed by atoms with E-state index < -0.39 is 25.0 Å². The van der Waals surface area contributed by atoms with E-state index in [1.165, 1.54) is 7.11 Å². The van der Waals surface area contributed by atoms with Crippen LogP contribution in [-0.2, 0) is 9.53 Å². The lowest BCUT2D eigenvalue weighted by Gasteiger charge is -2.11. The van der Waals surface area contributed by atoms with Crippen molar-refractivity contribution in [3.05, 3.63) is 12.3 Å². The predicted molar refractivity (Wildman–Crippen MR) is 41.2 cm³/mol. The zero-order valence-electron chi connectivity index (χ0n) is 7.09. The van der Waals surface area contributed by atoms with Crippen LogP contribution in [0.2, 0.25) is 0 Å². The molecule has 0 saturated heterocycles. The van der Waals surface area contributed by atoms with Crippen molar-refractivity contribution < 1.29 is 23.4 Å². The van der Waals surface area contributed by atoms with Crippen LogP contribution in [0.5, 0.6) is 0 Å². The number of hydrogen-bond donors (Lipinski definition) is 2. The Morgan fingerprint density at radius 1 is 1.69 bits per heavy atom. The first-order chi connectivity index (χ1) is 6.02. The number of aliphatic hydroxyl groups is 1. The van der Waals surface area contributed by atoms with Gasteiger partial charge in [-0.2, -0.15) is 0 Å². The molecule has 0 saturated carbocycles. The van der Waals surface area contributed by atoms with Crippen LogP contribution in [-0.4, -0.2) is 37.3 Å². The van der Waals surface area contributed by atoms with Gasteiger partial charge in [0.15, 0.2) is 0 Å². The van der Waals surface area contributed by atoms with E-state index in [0.717, 1.165) is 12.3 Å². The Kier molecular flexibility index (Phi) is 4.98. The molecule has 76 valence electrons. The van der Waals surface area contributed by atoms with E-state index in [2.05, 4.69) is 10.1 Å². The summed E-state index contributed by atoms with van der Waals surface area (Å²) in [6.07, 6.45) is 2.00. The van der Waals surface area contributed by atoms with Gasteiger partial charge in [0.05, 0.1) is 13.7 Å². The smallest absolute Gasteiger partial charge is 0.331 e. The van der Waals surface area contributed by atoms with Gasteiger partial charge in [-0.05, 0) is 0 Å². The van der Waals surface area contributed by atoms with Crippen molar-refractivity contribution in [1.29, 1.82) is 0 Å². The average molecular weight is 195 g/mol. The number of hydrogen-bond acceptors (Lipinski definition) is 4. The van der Waals surface area contributed by atoms with E-state index in [1.54, 1.807) is 0 Å². The van der Waals surface area contributed by atoms with Gasteiger partial charge in [0, 0.05) is 12.3 Å². The maximum atomic E-state index is 12.3. The molecular formula is C7H11F2NO3. The van der Waals surface area contributed by atoms with Crippen molar-refractivity contribution in [2.75, 3.05) is 20.3 Å². The Morgan fingerprint density at radius 2 is 2.31 bits per heavy atom. The lowest BCUT2D eigenvalue weighted by Crippen LogP contribution is -2.33. The third kappa shape index (κ3) is 6.03. The summed E-state index contributed by atoms with van der Waals surface area (Å²) in [7, 11) is 1.18. The molecule has 0 unspecified atom stereocenters. The van der Waals surface area contributed by atoms with Crippen LogP contribution >= 0.6 is 0 Å². The molecule has 0 aliphatic heterocycles. The highest BCUT2D eigenvalue weighted by molar-refractivity contribution is 5.81. The van der Waals surface area contributed by atoms with Gasteiger partial charge in [0.2, 0.25) is 0 Å². The fourth-order valence-corrected chi connectivity index (χ4v) is 0.459. The van der Waals surface area contributed by atoms with Crippen LogP contribution in [0.1, 0.15) is 0 Å². The molecule has 0 amide bonds. The summed E-state index contributed by atoms with van der Waals surface area (Å²) in [6.45, 7) is -1.96. The van der Waals surface area contributed by atoms with Crippen LogP contribution in [0, 0.1) is 0 Å². The number of carbonyl (C=O) groups excluding carboxylic acids is 1. The first-order valence-electron chi connectivity index (χ1n) is 3.48. The van der Waals surface area contributed by atoms with Crippen molar-refractivity contribution in [2.45, 2.75) is 5.92 Å². The number of aliphatic hydroxyl groups excluding tert-OH is 1. The van der Waals surface area contributed by atoms with E-state index in [1.807, 2.05) is 0 Å². The first kappa shape index (κ1) is 11.8. The standard InChI is InChI=1S/C7H11F2NO3/c1-13-6(12)2-3-10-4-7(8,9)5-11/h2-3,10-11H,4-5H2,1H3/b3-2+. The molecule has 0 aromatic carbocycles. The second-order valence-electron chi connectivity index (χ2n) is 2.25. The largest absolute Gasteiger partial charge is 0.466 e. The number of methoxy groups -OCH3 is 1. The molecule has 0 rings (SSSR count). The second-order valence-corrected chi connectivity index (χ2v) is 2.25. The van der Waals surface area contributed by atoms with Crippen molar-refractivity contribution in [1.82, 2.24) is 5.32 Å². The quantitative estimate of drug-likeness (QED) is 0.474. The topological polar surface area (TPSA) is 58.6 Å². The number of rotatable bonds is 5. The molecule has 0 heterocycles. The Labute approximate surface area is 74.2 Å². The molecule has 0 aliphatic carbocycles. The molecule has 13 heavy (non-hydrogen) atoms. The van der Waals surface area contributed by atoms with Crippen molar-refractivity contribution >= 4 is 5.97 Å². The minimum atomic E-state index is -3.18. The zero-order valence-corrected chi connectivity index (χ0v) is 7.09. The molecule has 0 bridgehead atoms. The summed E-state index contributed by atoms with van der Waals surface area (Å²) < 4.78 is 28.8. The number of esters is 1. The summed E-state index contributed by atoms with van der Waals surface area (Å²) >= 11 is 0. The Bertz CT molecular complexity index is 194. The Morgan fingerprint density at radius 3 is 2.77 bits per heavy atom. The van der Waals surface area contributed by atoms with E-state index in [4.69, 9.17) is 5.11 Å². The van der Waals surface area contributed by atoms with Gasteiger partial charge < -0.3 is 15.2 Å². The minimum Gasteiger partial charge on any atom is -0.466 e. The highest BCUT2D eigenvalue weighted by atomic mass is 19.3. The molecule has 0 aromatic rings. The van der Waals surface area contributed by atoms with Gasteiger partial charge >= 0.3 is 5.97 Å². The molecule has 2 N–H and O–H groups in total. The highest BCUT2D eigenvalue weighted by Crippen LogP contribution is 2.09. The molecule has 0 atom stereocenters. The fourth-order valence-electron chi connectivity index (χ4n) is 0.459. The van der Waals surface area contributed by atoms with Gasteiger partial charge in [-0.3, -0.25) is 0 Å². The van der Waals surface area contributed by atoms with E-state index >= 15 is 0 Å².